The molecule has 1 heterocycles. The van der Waals surface area contributed by atoms with E-state index in [1.807, 2.05) is 12.2 Å². The van der Waals surface area contributed by atoms with E-state index in [-0.39, 0.29) is 11.2 Å². The SMILES string of the molecule is C=CCN1CC2CC23C(I)=CC(=O)C=C13. The van der Waals surface area contributed by atoms with Crippen molar-refractivity contribution < 1.29 is 4.79 Å². The van der Waals surface area contributed by atoms with Gasteiger partial charge in [0, 0.05) is 33.9 Å². The van der Waals surface area contributed by atoms with E-state index in [0.29, 0.717) is 0 Å². The molecule has 2 unspecified atom stereocenters. The Labute approximate surface area is 103 Å². The first kappa shape index (κ1) is 9.63. The molecule has 1 saturated heterocycles. The Bertz CT molecular complexity index is 423. The van der Waals surface area contributed by atoms with Crippen LogP contribution in [0.5, 0.6) is 0 Å². The van der Waals surface area contributed by atoms with Crippen molar-refractivity contribution in [1.29, 1.82) is 0 Å². The van der Waals surface area contributed by atoms with E-state index in [9.17, 15) is 4.79 Å². The summed E-state index contributed by atoms with van der Waals surface area (Å²) in [5.74, 6) is 0.876. The highest BCUT2D eigenvalue weighted by molar-refractivity contribution is 14.1. The Balaban J connectivity index is 2.02. The average molecular weight is 313 g/mol. The number of ketones is 1. The topological polar surface area (TPSA) is 20.3 Å². The summed E-state index contributed by atoms with van der Waals surface area (Å²) >= 11 is 2.33. The zero-order chi connectivity index (χ0) is 10.6. The first-order valence-corrected chi connectivity index (χ1v) is 6.26. The molecular formula is C12H12INO. The summed E-state index contributed by atoms with van der Waals surface area (Å²) in [5.41, 5.74) is 1.47. The van der Waals surface area contributed by atoms with Gasteiger partial charge in [0.15, 0.2) is 5.78 Å². The predicted octanol–water partition coefficient (Wildman–Crippen LogP) is 2.28. The maximum absolute atomic E-state index is 11.5. The molecule has 0 radical (unpaired) electrons. The second kappa shape index (κ2) is 2.97. The van der Waals surface area contributed by atoms with Gasteiger partial charge in [0.2, 0.25) is 0 Å². The number of nitrogens with zero attached hydrogens (tertiary/aromatic N) is 1. The number of carbonyl (C=O) groups excluding carboxylic acids is 1. The van der Waals surface area contributed by atoms with Crippen molar-refractivity contribution in [1.82, 2.24) is 4.90 Å². The molecule has 78 valence electrons. The van der Waals surface area contributed by atoms with Crippen molar-refractivity contribution in [3.8, 4) is 0 Å². The van der Waals surface area contributed by atoms with E-state index in [1.54, 1.807) is 6.08 Å². The van der Waals surface area contributed by atoms with Crippen molar-refractivity contribution in [2.75, 3.05) is 13.1 Å². The molecule has 0 amide bonds. The Morgan fingerprint density at radius 1 is 1.67 bits per heavy atom. The van der Waals surface area contributed by atoms with Crippen molar-refractivity contribution in [3.63, 3.8) is 0 Å². The standard InChI is InChI=1S/C12H12INO/c1-2-3-14-7-8-6-12(8)10(13)4-9(15)5-11(12)14/h2,4-5,8H,1,3,6-7H2. The van der Waals surface area contributed by atoms with Gasteiger partial charge in [-0.25, -0.2) is 0 Å². The van der Waals surface area contributed by atoms with Crippen LogP contribution < -0.4 is 0 Å². The summed E-state index contributed by atoms with van der Waals surface area (Å²) < 4.78 is 1.24. The molecule has 0 aromatic carbocycles. The quantitative estimate of drug-likeness (QED) is 0.576. The van der Waals surface area contributed by atoms with Gasteiger partial charge in [0.05, 0.1) is 0 Å². The molecule has 3 aliphatic rings. The first-order chi connectivity index (χ1) is 7.18. The zero-order valence-electron chi connectivity index (χ0n) is 8.37. The molecule has 0 N–H and O–H groups in total. The predicted molar refractivity (Wildman–Crippen MR) is 67.5 cm³/mol. The number of halogens is 1. The third kappa shape index (κ3) is 1.13. The van der Waals surface area contributed by atoms with Crippen LogP contribution in [0.1, 0.15) is 6.42 Å². The van der Waals surface area contributed by atoms with Crippen LogP contribution in [0.25, 0.3) is 0 Å². The summed E-state index contributed by atoms with van der Waals surface area (Å²) in [6.45, 7) is 5.72. The van der Waals surface area contributed by atoms with E-state index in [4.69, 9.17) is 0 Å². The van der Waals surface area contributed by atoms with Crippen molar-refractivity contribution in [2.45, 2.75) is 6.42 Å². The molecule has 0 aromatic rings. The van der Waals surface area contributed by atoms with Crippen molar-refractivity contribution in [2.24, 2.45) is 11.3 Å². The fraction of sp³-hybridized carbons (Fsp3) is 0.417. The lowest BCUT2D eigenvalue weighted by molar-refractivity contribution is -0.110. The molecule has 2 aliphatic carbocycles. The van der Waals surface area contributed by atoms with Crippen LogP contribution in [0, 0.1) is 11.3 Å². The Kier molecular flexibility index (Phi) is 1.90. The van der Waals surface area contributed by atoms with Crippen molar-refractivity contribution >= 4 is 28.4 Å². The minimum absolute atomic E-state index is 0.140. The summed E-state index contributed by atoms with van der Waals surface area (Å²) in [5, 5.41) is 0. The van der Waals surface area contributed by atoms with Crippen LogP contribution in [0.2, 0.25) is 0 Å². The Morgan fingerprint density at radius 2 is 2.47 bits per heavy atom. The van der Waals surface area contributed by atoms with Crippen LogP contribution in [0.3, 0.4) is 0 Å². The number of hydrogen-bond acceptors (Lipinski definition) is 2. The molecule has 3 rings (SSSR count). The lowest BCUT2D eigenvalue weighted by atomic mass is 9.95. The molecule has 15 heavy (non-hydrogen) atoms. The van der Waals surface area contributed by atoms with Gasteiger partial charge in [-0.1, -0.05) is 6.08 Å². The van der Waals surface area contributed by atoms with Crippen LogP contribution in [0.15, 0.2) is 34.1 Å². The molecule has 0 aromatic heterocycles. The summed E-state index contributed by atoms with van der Waals surface area (Å²) in [7, 11) is 0. The summed E-state index contributed by atoms with van der Waals surface area (Å²) in [6, 6.07) is 0. The van der Waals surface area contributed by atoms with Gasteiger partial charge in [-0.15, -0.1) is 6.58 Å². The van der Waals surface area contributed by atoms with E-state index in [0.717, 1.165) is 19.0 Å². The lowest BCUT2D eigenvalue weighted by Crippen LogP contribution is -2.25. The largest absolute Gasteiger partial charge is 0.370 e. The molecule has 1 saturated carbocycles. The van der Waals surface area contributed by atoms with Crippen LogP contribution in [-0.2, 0) is 4.79 Å². The Morgan fingerprint density at radius 3 is 3.20 bits per heavy atom. The highest BCUT2D eigenvalue weighted by atomic mass is 127. The smallest absolute Gasteiger partial charge is 0.181 e. The van der Waals surface area contributed by atoms with Crippen LogP contribution in [-0.4, -0.2) is 23.8 Å². The maximum Gasteiger partial charge on any atom is 0.181 e. The highest BCUT2D eigenvalue weighted by Gasteiger charge is 2.65. The normalized spacial score (nSPS) is 36.7. The van der Waals surface area contributed by atoms with Gasteiger partial charge in [-0.3, -0.25) is 4.79 Å². The monoisotopic (exact) mass is 313 g/mol. The third-order valence-corrected chi connectivity index (χ3v) is 4.94. The average Bonchev–Trinajstić information content (AvgIpc) is 2.80. The number of hydrogen-bond donors (Lipinski definition) is 0. The molecule has 2 atom stereocenters. The highest BCUT2D eigenvalue weighted by Crippen LogP contribution is 2.69. The molecular weight excluding hydrogens is 301 g/mol. The second-order valence-electron chi connectivity index (χ2n) is 4.49. The fourth-order valence-electron chi connectivity index (χ4n) is 2.90. The number of carbonyl (C=O) groups is 1. The van der Waals surface area contributed by atoms with Gasteiger partial charge < -0.3 is 4.90 Å². The molecule has 2 nitrogen and oxygen atoms in total. The van der Waals surface area contributed by atoms with Gasteiger partial charge in [0.1, 0.15) is 0 Å². The number of piperidine rings is 1. The molecule has 1 spiro atoms. The summed E-state index contributed by atoms with van der Waals surface area (Å²) in [6.07, 6.45) is 6.75. The molecule has 3 heteroatoms. The minimum atomic E-state index is 0.140. The van der Waals surface area contributed by atoms with Gasteiger partial charge >= 0.3 is 0 Å². The van der Waals surface area contributed by atoms with E-state index >= 15 is 0 Å². The minimum Gasteiger partial charge on any atom is -0.370 e. The Hall–Kier alpha value is -0.580. The fourth-order valence-corrected chi connectivity index (χ4v) is 4.15. The third-order valence-electron chi connectivity index (χ3n) is 3.67. The van der Waals surface area contributed by atoms with Crippen LogP contribution in [0.4, 0.5) is 0 Å². The van der Waals surface area contributed by atoms with Gasteiger partial charge in [0.25, 0.3) is 0 Å². The van der Waals surface area contributed by atoms with Crippen LogP contribution >= 0.6 is 22.6 Å². The zero-order valence-corrected chi connectivity index (χ0v) is 10.5. The van der Waals surface area contributed by atoms with E-state index < -0.39 is 0 Å². The van der Waals surface area contributed by atoms with E-state index in [2.05, 4.69) is 34.1 Å². The van der Waals surface area contributed by atoms with E-state index in [1.165, 1.54) is 15.7 Å². The first-order valence-electron chi connectivity index (χ1n) is 5.18. The second-order valence-corrected chi connectivity index (χ2v) is 5.65. The van der Waals surface area contributed by atoms with Gasteiger partial charge in [-0.2, -0.15) is 0 Å². The number of likely N-dealkylation sites (tertiary alicyclic amines) is 1. The number of rotatable bonds is 2. The van der Waals surface area contributed by atoms with Crippen molar-refractivity contribution in [3.05, 3.63) is 34.1 Å². The molecule has 1 aliphatic heterocycles. The summed E-state index contributed by atoms with van der Waals surface area (Å²) in [4.78, 5) is 13.8. The molecule has 2 fully saturated rings. The maximum atomic E-state index is 11.5. The molecule has 0 bridgehead atoms. The van der Waals surface area contributed by atoms with Gasteiger partial charge in [-0.05, 0) is 41.0 Å². The lowest BCUT2D eigenvalue weighted by Gasteiger charge is -2.27. The number of allylic oxidation sites excluding steroid dienone is 3.